The lowest BCUT2D eigenvalue weighted by atomic mass is 9.89. The first-order valence-corrected chi connectivity index (χ1v) is 7.25. The van der Waals surface area contributed by atoms with Crippen molar-refractivity contribution in [3.63, 3.8) is 0 Å². The predicted molar refractivity (Wildman–Crippen MR) is 81.0 cm³/mol. The molecule has 0 aromatic heterocycles. The highest BCUT2D eigenvalue weighted by atomic mass is 79.9. The van der Waals surface area contributed by atoms with Crippen molar-refractivity contribution >= 4 is 27.5 Å². The van der Waals surface area contributed by atoms with Crippen LogP contribution in [0.5, 0.6) is 0 Å². The Hall–Kier alpha value is -1.07. The fourth-order valence-corrected chi connectivity index (χ4v) is 3.09. The molecule has 1 unspecified atom stereocenters. The fourth-order valence-electron chi connectivity index (χ4n) is 2.68. The number of carbonyl (C=O) groups excluding carboxylic acids is 1. The van der Waals surface area contributed by atoms with Gasteiger partial charge in [-0.3, -0.25) is 4.79 Å². The maximum atomic E-state index is 12.0. The molecule has 1 atom stereocenters. The molecule has 0 radical (unpaired) electrons. The van der Waals surface area contributed by atoms with Gasteiger partial charge in [-0.05, 0) is 37.1 Å². The third kappa shape index (κ3) is 2.77. The van der Waals surface area contributed by atoms with Gasteiger partial charge in [-0.15, -0.1) is 0 Å². The van der Waals surface area contributed by atoms with Gasteiger partial charge in [-0.2, -0.15) is 0 Å². The van der Waals surface area contributed by atoms with E-state index in [0.717, 1.165) is 35.2 Å². The summed E-state index contributed by atoms with van der Waals surface area (Å²) in [4.78, 5) is 14.2. The van der Waals surface area contributed by atoms with Crippen LogP contribution >= 0.6 is 15.9 Å². The van der Waals surface area contributed by atoms with Gasteiger partial charge >= 0.3 is 0 Å². The van der Waals surface area contributed by atoms with E-state index >= 15 is 0 Å². The van der Waals surface area contributed by atoms with Crippen molar-refractivity contribution < 1.29 is 4.79 Å². The van der Waals surface area contributed by atoms with E-state index in [0.29, 0.717) is 6.54 Å². The molecule has 1 amide bonds. The predicted octanol–water partition coefficient (Wildman–Crippen LogP) is 1.87. The molecule has 0 bridgehead atoms. The summed E-state index contributed by atoms with van der Waals surface area (Å²) in [6, 6.07) is 6.14. The third-order valence-electron chi connectivity index (χ3n) is 3.85. The summed E-state index contributed by atoms with van der Waals surface area (Å²) < 4.78 is 1.03. The van der Waals surface area contributed by atoms with Crippen LogP contribution in [0.4, 0.5) is 5.69 Å². The molecule has 5 heteroatoms. The second-order valence-electron chi connectivity index (χ2n) is 5.29. The lowest BCUT2D eigenvalue weighted by Crippen LogP contribution is -2.39. The first-order valence-electron chi connectivity index (χ1n) is 6.46. The largest absolute Gasteiger partial charge is 0.370 e. The molecule has 19 heavy (non-hydrogen) atoms. The van der Waals surface area contributed by atoms with Crippen molar-refractivity contribution in [1.82, 2.24) is 5.32 Å². The summed E-state index contributed by atoms with van der Waals surface area (Å²) >= 11 is 3.46. The number of nitrogens with zero attached hydrogens (tertiary/aromatic N) is 1. The summed E-state index contributed by atoms with van der Waals surface area (Å²) in [5.41, 5.74) is 7.75. The highest BCUT2D eigenvalue weighted by molar-refractivity contribution is 9.10. The van der Waals surface area contributed by atoms with Gasteiger partial charge in [0.05, 0.1) is 5.41 Å². The number of nitrogens with one attached hydrogen (secondary N) is 1. The van der Waals surface area contributed by atoms with E-state index in [1.807, 2.05) is 19.1 Å². The molecule has 4 nitrogen and oxygen atoms in total. The molecule has 0 spiro atoms. The topological polar surface area (TPSA) is 58.4 Å². The van der Waals surface area contributed by atoms with Crippen LogP contribution < -0.4 is 16.0 Å². The average Bonchev–Trinajstić information content (AvgIpc) is 2.81. The molecule has 0 saturated carbocycles. The Morgan fingerprint density at radius 2 is 2.32 bits per heavy atom. The van der Waals surface area contributed by atoms with Crippen LogP contribution in [0, 0.1) is 5.41 Å². The van der Waals surface area contributed by atoms with Gasteiger partial charge in [-0.1, -0.05) is 15.9 Å². The van der Waals surface area contributed by atoms with Gasteiger partial charge < -0.3 is 16.0 Å². The zero-order valence-electron chi connectivity index (χ0n) is 11.4. The second-order valence-corrected chi connectivity index (χ2v) is 6.20. The van der Waals surface area contributed by atoms with Gasteiger partial charge in [0.15, 0.2) is 0 Å². The molecule has 1 aliphatic rings. The molecule has 1 fully saturated rings. The molecule has 1 aromatic rings. The van der Waals surface area contributed by atoms with Crippen LogP contribution in [0.25, 0.3) is 0 Å². The molecule has 1 aromatic carbocycles. The molecule has 0 aliphatic carbocycles. The van der Waals surface area contributed by atoms with Crippen LogP contribution in [0.2, 0.25) is 0 Å². The minimum Gasteiger partial charge on any atom is -0.370 e. The number of hydrogen-bond acceptors (Lipinski definition) is 3. The van der Waals surface area contributed by atoms with Crippen molar-refractivity contribution in [2.45, 2.75) is 19.9 Å². The minimum absolute atomic E-state index is 0.112. The van der Waals surface area contributed by atoms with Crippen molar-refractivity contribution in [2.75, 3.05) is 25.0 Å². The number of rotatable bonds is 3. The van der Waals surface area contributed by atoms with Gasteiger partial charge in [0.1, 0.15) is 0 Å². The third-order valence-corrected chi connectivity index (χ3v) is 4.34. The maximum Gasteiger partial charge on any atom is 0.227 e. The van der Waals surface area contributed by atoms with Crippen molar-refractivity contribution in [1.29, 1.82) is 0 Å². The van der Waals surface area contributed by atoms with Crippen LogP contribution in [0.1, 0.15) is 18.9 Å². The van der Waals surface area contributed by atoms with E-state index < -0.39 is 0 Å². The van der Waals surface area contributed by atoms with E-state index in [-0.39, 0.29) is 11.3 Å². The molecule has 104 valence electrons. The molecular formula is C14H20BrN3O. The van der Waals surface area contributed by atoms with E-state index in [9.17, 15) is 4.79 Å². The number of hydrogen-bond donors (Lipinski definition) is 2. The summed E-state index contributed by atoms with van der Waals surface area (Å²) in [6.07, 6.45) is 0.868. The van der Waals surface area contributed by atoms with E-state index in [2.05, 4.69) is 32.2 Å². The van der Waals surface area contributed by atoms with Crippen LogP contribution in [0.15, 0.2) is 22.7 Å². The van der Waals surface area contributed by atoms with Crippen LogP contribution in [0.3, 0.4) is 0 Å². The normalized spacial score (nSPS) is 22.6. The molecule has 1 aliphatic heterocycles. The zero-order valence-corrected chi connectivity index (χ0v) is 13.0. The Morgan fingerprint density at radius 3 is 2.95 bits per heavy atom. The van der Waals surface area contributed by atoms with Crippen molar-refractivity contribution in [2.24, 2.45) is 11.1 Å². The lowest BCUT2D eigenvalue weighted by molar-refractivity contribution is -0.128. The summed E-state index contributed by atoms with van der Waals surface area (Å²) in [5.74, 6) is 0.112. The summed E-state index contributed by atoms with van der Waals surface area (Å²) in [7, 11) is 1.70. The second kappa shape index (κ2) is 5.51. The average molecular weight is 326 g/mol. The van der Waals surface area contributed by atoms with Crippen molar-refractivity contribution in [3.05, 3.63) is 28.2 Å². The quantitative estimate of drug-likeness (QED) is 0.892. The van der Waals surface area contributed by atoms with Gasteiger partial charge in [-0.25, -0.2) is 0 Å². The first kappa shape index (κ1) is 14.3. The number of nitrogens with two attached hydrogens (primary N) is 1. The highest BCUT2D eigenvalue weighted by Gasteiger charge is 2.40. The zero-order chi connectivity index (χ0) is 14.0. The van der Waals surface area contributed by atoms with Gasteiger partial charge in [0.25, 0.3) is 0 Å². The van der Waals surface area contributed by atoms with Crippen molar-refractivity contribution in [3.8, 4) is 0 Å². The lowest BCUT2D eigenvalue weighted by Gasteiger charge is -2.25. The van der Waals surface area contributed by atoms with Crippen LogP contribution in [-0.4, -0.2) is 26.0 Å². The van der Waals surface area contributed by atoms with E-state index in [1.165, 1.54) is 0 Å². The maximum absolute atomic E-state index is 12.0. The summed E-state index contributed by atoms with van der Waals surface area (Å²) in [6.45, 7) is 4.15. The Kier molecular flexibility index (Phi) is 4.16. The number of anilines is 1. The van der Waals surface area contributed by atoms with Crippen LogP contribution in [-0.2, 0) is 11.3 Å². The minimum atomic E-state index is -0.312. The monoisotopic (exact) mass is 325 g/mol. The SMILES string of the molecule is CNC(=O)C1(C)CCN(c2ccc(Br)cc2CN)C1. The molecule has 3 N–H and O–H groups in total. The van der Waals surface area contributed by atoms with E-state index in [4.69, 9.17) is 5.73 Å². The Balaban J connectivity index is 2.24. The van der Waals surface area contributed by atoms with Gasteiger partial charge in [0, 0.05) is 36.8 Å². The summed E-state index contributed by atoms with van der Waals surface area (Å²) in [5, 5.41) is 2.76. The van der Waals surface area contributed by atoms with Gasteiger partial charge in [0.2, 0.25) is 5.91 Å². The standard InChI is InChI=1S/C14H20BrN3O/c1-14(13(19)17-2)5-6-18(9-14)12-4-3-11(15)7-10(12)8-16/h3-4,7H,5-6,8-9,16H2,1-2H3,(H,17,19). The number of benzene rings is 1. The molecular weight excluding hydrogens is 306 g/mol. The Labute approximate surface area is 122 Å². The fraction of sp³-hybridized carbons (Fsp3) is 0.500. The molecule has 1 saturated heterocycles. The Bertz CT molecular complexity index is 492. The smallest absolute Gasteiger partial charge is 0.227 e. The first-order chi connectivity index (χ1) is 9.00. The molecule has 2 rings (SSSR count). The Morgan fingerprint density at radius 1 is 1.58 bits per heavy atom. The number of amides is 1. The highest BCUT2D eigenvalue weighted by Crippen LogP contribution is 2.35. The molecule has 1 heterocycles. The van der Waals surface area contributed by atoms with E-state index in [1.54, 1.807) is 7.05 Å². The number of halogens is 1. The number of carbonyl (C=O) groups is 1.